The number of thiophene rings is 1. The van der Waals surface area contributed by atoms with Gasteiger partial charge in [0.05, 0.1) is 0 Å². The first kappa shape index (κ1) is 9.00. The molecule has 0 atom stereocenters. The van der Waals surface area contributed by atoms with E-state index in [0.29, 0.717) is 13.1 Å². The quantitative estimate of drug-likeness (QED) is 0.693. The van der Waals surface area contributed by atoms with E-state index >= 15 is 0 Å². The minimum absolute atomic E-state index is 0. The van der Waals surface area contributed by atoms with E-state index in [1.54, 1.807) is 11.3 Å². The molecule has 2 heterocycles. The summed E-state index contributed by atoms with van der Waals surface area (Å²) >= 11 is 1.63. The summed E-state index contributed by atoms with van der Waals surface area (Å²) in [6.45, 7) is 1.40. The summed E-state index contributed by atoms with van der Waals surface area (Å²) in [6.07, 6.45) is 0. The molecule has 2 N–H and O–H groups in total. The van der Waals surface area contributed by atoms with E-state index in [1.165, 1.54) is 0 Å². The lowest BCUT2D eigenvalue weighted by atomic mass is 9.91. The number of hydrogen-bond donors (Lipinski definition) is 2. The second-order valence-electron chi connectivity index (χ2n) is 2.65. The van der Waals surface area contributed by atoms with Crippen molar-refractivity contribution in [3.8, 4) is 0 Å². The van der Waals surface area contributed by atoms with Gasteiger partial charge in [0.1, 0.15) is 5.60 Å². The van der Waals surface area contributed by atoms with E-state index in [0.717, 1.165) is 5.56 Å². The zero-order valence-electron chi connectivity index (χ0n) is 5.91. The number of nitrogens with one attached hydrogen (secondary N) is 1. The van der Waals surface area contributed by atoms with E-state index in [-0.39, 0.29) is 12.4 Å². The van der Waals surface area contributed by atoms with Gasteiger partial charge in [-0.05, 0) is 22.4 Å². The van der Waals surface area contributed by atoms with E-state index in [1.807, 2.05) is 16.8 Å². The Morgan fingerprint density at radius 3 is 2.64 bits per heavy atom. The highest BCUT2D eigenvalue weighted by Crippen LogP contribution is 2.26. The van der Waals surface area contributed by atoms with Crippen molar-refractivity contribution < 1.29 is 5.11 Å². The normalized spacial score (nSPS) is 20.1. The van der Waals surface area contributed by atoms with Crippen molar-refractivity contribution in [2.24, 2.45) is 0 Å². The third-order valence-corrected chi connectivity index (χ3v) is 2.58. The van der Waals surface area contributed by atoms with Crippen LogP contribution in [0.4, 0.5) is 0 Å². The Morgan fingerprint density at radius 1 is 1.55 bits per heavy atom. The molecule has 2 nitrogen and oxygen atoms in total. The highest BCUT2D eigenvalue weighted by molar-refractivity contribution is 7.08. The molecule has 0 amide bonds. The Kier molecular flexibility index (Phi) is 2.54. The molecule has 62 valence electrons. The van der Waals surface area contributed by atoms with Gasteiger partial charge in [-0.2, -0.15) is 11.3 Å². The summed E-state index contributed by atoms with van der Waals surface area (Å²) in [7, 11) is 0. The summed E-state index contributed by atoms with van der Waals surface area (Å²) in [6, 6.07) is 1.98. The van der Waals surface area contributed by atoms with Crippen LogP contribution in [-0.2, 0) is 5.60 Å². The third kappa shape index (κ3) is 1.42. The maximum absolute atomic E-state index is 9.71. The molecule has 4 heteroatoms. The monoisotopic (exact) mass is 191 g/mol. The maximum atomic E-state index is 9.71. The van der Waals surface area contributed by atoms with Gasteiger partial charge < -0.3 is 10.4 Å². The first-order chi connectivity index (χ1) is 4.81. The summed E-state index contributed by atoms with van der Waals surface area (Å²) in [5.41, 5.74) is 0.497. The van der Waals surface area contributed by atoms with Crippen LogP contribution in [0.5, 0.6) is 0 Å². The smallest absolute Gasteiger partial charge is 0.115 e. The van der Waals surface area contributed by atoms with Crippen LogP contribution in [0.25, 0.3) is 0 Å². The highest BCUT2D eigenvalue weighted by Gasteiger charge is 2.36. The van der Waals surface area contributed by atoms with E-state index in [4.69, 9.17) is 0 Å². The number of hydrogen-bond acceptors (Lipinski definition) is 3. The number of rotatable bonds is 1. The molecule has 0 aromatic carbocycles. The van der Waals surface area contributed by atoms with Crippen molar-refractivity contribution in [1.82, 2.24) is 5.32 Å². The first-order valence-electron chi connectivity index (χ1n) is 3.27. The van der Waals surface area contributed by atoms with E-state index in [2.05, 4.69) is 5.32 Å². The Hall–Kier alpha value is -0.0900. The third-order valence-electron chi connectivity index (χ3n) is 1.89. The molecule has 0 aliphatic carbocycles. The molecule has 1 saturated heterocycles. The molecule has 0 unspecified atom stereocenters. The van der Waals surface area contributed by atoms with Gasteiger partial charge in [0, 0.05) is 13.1 Å². The van der Waals surface area contributed by atoms with Crippen molar-refractivity contribution >= 4 is 23.7 Å². The fourth-order valence-corrected chi connectivity index (χ4v) is 1.84. The summed E-state index contributed by atoms with van der Waals surface area (Å²) in [5, 5.41) is 16.8. The summed E-state index contributed by atoms with van der Waals surface area (Å²) in [5.74, 6) is 0. The molecule has 1 aromatic heterocycles. The Bertz CT molecular complexity index is 220. The van der Waals surface area contributed by atoms with Gasteiger partial charge in [-0.3, -0.25) is 0 Å². The fraction of sp³-hybridized carbons (Fsp3) is 0.429. The van der Waals surface area contributed by atoms with E-state index in [9.17, 15) is 5.11 Å². The molecule has 0 saturated carbocycles. The average molecular weight is 192 g/mol. The van der Waals surface area contributed by atoms with Crippen molar-refractivity contribution in [3.05, 3.63) is 22.4 Å². The van der Waals surface area contributed by atoms with Crippen LogP contribution < -0.4 is 5.32 Å². The lowest BCUT2D eigenvalue weighted by molar-refractivity contribution is -0.0142. The molecule has 0 spiro atoms. The SMILES string of the molecule is Cl.OC1(c2ccsc2)CNC1. The van der Waals surface area contributed by atoms with Gasteiger partial charge in [-0.15, -0.1) is 12.4 Å². The molecule has 2 rings (SSSR count). The molecule has 1 aliphatic rings. The molecule has 0 bridgehead atoms. The zero-order chi connectivity index (χ0) is 7.03. The van der Waals surface area contributed by atoms with Crippen LogP contribution in [0, 0.1) is 0 Å². The van der Waals surface area contributed by atoms with Crippen molar-refractivity contribution in [2.45, 2.75) is 5.60 Å². The Balaban J connectivity index is 0.000000605. The Labute approximate surface area is 75.7 Å². The van der Waals surface area contributed by atoms with Crippen molar-refractivity contribution in [3.63, 3.8) is 0 Å². The predicted molar refractivity (Wildman–Crippen MR) is 48.3 cm³/mol. The topological polar surface area (TPSA) is 32.3 Å². The van der Waals surface area contributed by atoms with Gasteiger partial charge in [0.25, 0.3) is 0 Å². The number of β-amino-alcohol motifs (C(OH)–C–C–N with tert-alkyl or cyclic N) is 1. The molecule has 1 aromatic rings. The summed E-state index contributed by atoms with van der Waals surface area (Å²) in [4.78, 5) is 0. The maximum Gasteiger partial charge on any atom is 0.115 e. The first-order valence-corrected chi connectivity index (χ1v) is 4.21. The second kappa shape index (κ2) is 3.11. The van der Waals surface area contributed by atoms with Crippen LogP contribution in [0.1, 0.15) is 5.56 Å². The van der Waals surface area contributed by atoms with Crippen molar-refractivity contribution in [2.75, 3.05) is 13.1 Å². The molecule has 1 fully saturated rings. The van der Waals surface area contributed by atoms with Crippen LogP contribution in [0.15, 0.2) is 16.8 Å². The molecular weight excluding hydrogens is 182 g/mol. The van der Waals surface area contributed by atoms with E-state index < -0.39 is 5.60 Å². The van der Waals surface area contributed by atoms with Gasteiger partial charge in [-0.1, -0.05) is 0 Å². The number of aliphatic hydroxyl groups is 1. The van der Waals surface area contributed by atoms with Gasteiger partial charge in [0.2, 0.25) is 0 Å². The minimum Gasteiger partial charge on any atom is -0.382 e. The lowest BCUT2D eigenvalue weighted by Gasteiger charge is -2.37. The largest absolute Gasteiger partial charge is 0.382 e. The van der Waals surface area contributed by atoms with Crippen LogP contribution >= 0.6 is 23.7 Å². The zero-order valence-corrected chi connectivity index (χ0v) is 7.54. The highest BCUT2D eigenvalue weighted by atomic mass is 35.5. The molecule has 11 heavy (non-hydrogen) atoms. The molecule has 0 radical (unpaired) electrons. The van der Waals surface area contributed by atoms with Gasteiger partial charge in [-0.25, -0.2) is 0 Å². The van der Waals surface area contributed by atoms with Crippen LogP contribution in [0.3, 0.4) is 0 Å². The molecular formula is C7H10ClNOS. The van der Waals surface area contributed by atoms with Gasteiger partial charge in [0.15, 0.2) is 0 Å². The van der Waals surface area contributed by atoms with Crippen molar-refractivity contribution in [1.29, 1.82) is 0 Å². The standard InChI is InChI=1S/C7H9NOS.ClH/c9-7(4-8-5-7)6-1-2-10-3-6;/h1-3,8-9H,4-5H2;1H. The lowest BCUT2D eigenvalue weighted by Crippen LogP contribution is -2.56. The van der Waals surface area contributed by atoms with Gasteiger partial charge >= 0.3 is 0 Å². The van der Waals surface area contributed by atoms with Crippen LogP contribution in [-0.4, -0.2) is 18.2 Å². The predicted octanol–water partition coefficient (Wildman–Crippen LogP) is 0.961. The Morgan fingerprint density at radius 2 is 2.27 bits per heavy atom. The number of halogens is 1. The average Bonchev–Trinajstić information content (AvgIpc) is 2.33. The fourth-order valence-electron chi connectivity index (χ4n) is 1.10. The molecule has 1 aliphatic heterocycles. The second-order valence-corrected chi connectivity index (χ2v) is 3.43. The van der Waals surface area contributed by atoms with Crippen LogP contribution in [0.2, 0.25) is 0 Å². The minimum atomic E-state index is -0.556. The summed E-state index contributed by atoms with van der Waals surface area (Å²) < 4.78 is 0.